The number of sulfonamides is 1. The topological polar surface area (TPSA) is 83.5 Å². The maximum absolute atomic E-state index is 12.2. The van der Waals surface area contributed by atoms with E-state index in [1.165, 1.54) is 18.2 Å². The number of carbonyl (C=O) groups is 1. The molecule has 0 unspecified atom stereocenters. The smallest absolute Gasteiger partial charge is 0.328 e. The van der Waals surface area contributed by atoms with Gasteiger partial charge in [0.2, 0.25) is 10.0 Å². The maximum Gasteiger partial charge on any atom is 0.328 e. The minimum Gasteiger partial charge on any atom is -0.478 e. The predicted molar refractivity (Wildman–Crippen MR) is 83.6 cm³/mol. The Balaban J connectivity index is 2.17. The van der Waals surface area contributed by atoms with Crippen LogP contribution in [0.25, 0.3) is 6.08 Å². The van der Waals surface area contributed by atoms with E-state index in [1.807, 2.05) is 0 Å². The van der Waals surface area contributed by atoms with E-state index in [9.17, 15) is 13.2 Å². The van der Waals surface area contributed by atoms with Crippen LogP contribution in [-0.2, 0) is 21.4 Å². The van der Waals surface area contributed by atoms with Crippen molar-refractivity contribution in [3.8, 4) is 0 Å². The van der Waals surface area contributed by atoms with Gasteiger partial charge in [-0.1, -0.05) is 42.5 Å². The molecular formula is C16H15NO4S. The van der Waals surface area contributed by atoms with E-state index < -0.39 is 16.0 Å². The van der Waals surface area contributed by atoms with Crippen LogP contribution in [0.3, 0.4) is 0 Å². The first-order valence-corrected chi connectivity index (χ1v) is 8.01. The van der Waals surface area contributed by atoms with E-state index >= 15 is 0 Å². The second-order valence-corrected chi connectivity index (χ2v) is 6.27. The lowest BCUT2D eigenvalue weighted by atomic mass is 10.1. The van der Waals surface area contributed by atoms with Gasteiger partial charge in [0.05, 0.1) is 4.90 Å². The molecule has 2 aromatic carbocycles. The van der Waals surface area contributed by atoms with Crippen LogP contribution >= 0.6 is 0 Å². The minimum atomic E-state index is -3.60. The Kier molecular flexibility index (Phi) is 5.08. The van der Waals surface area contributed by atoms with Crippen molar-refractivity contribution in [1.82, 2.24) is 4.72 Å². The molecule has 22 heavy (non-hydrogen) atoms. The summed E-state index contributed by atoms with van der Waals surface area (Å²) in [4.78, 5) is 10.8. The summed E-state index contributed by atoms with van der Waals surface area (Å²) in [5.41, 5.74) is 1.35. The zero-order valence-electron chi connectivity index (χ0n) is 11.6. The third-order valence-corrected chi connectivity index (χ3v) is 4.38. The molecule has 114 valence electrons. The Labute approximate surface area is 129 Å². The van der Waals surface area contributed by atoms with Gasteiger partial charge < -0.3 is 5.11 Å². The number of carboxylic acid groups (broad SMARTS) is 1. The molecule has 0 aliphatic heterocycles. The van der Waals surface area contributed by atoms with Crippen molar-refractivity contribution < 1.29 is 18.3 Å². The molecule has 0 atom stereocenters. The average molecular weight is 317 g/mol. The van der Waals surface area contributed by atoms with Crippen LogP contribution < -0.4 is 4.72 Å². The number of hydrogen-bond acceptors (Lipinski definition) is 3. The summed E-state index contributed by atoms with van der Waals surface area (Å²) in [6.45, 7) is 0.0807. The third-order valence-electron chi connectivity index (χ3n) is 2.97. The fourth-order valence-corrected chi connectivity index (χ4v) is 2.90. The molecule has 0 heterocycles. The number of nitrogens with one attached hydrogen (secondary N) is 1. The number of hydrogen-bond donors (Lipinski definition) is 2. The highest BCUT2D eigenvalue weighted by molar-refractivity contribution is 7.89. The first-order chi connectivity index (χ1) is 10.5. The van der Waals surface area contributed by atoms with Crippen molar-refractivity contribution in [2.75, 3.05) is 0 Å². The Bertz CT molecular complexity index is 783. The summed E-state index contributed by atoms with van der Waals surface area (Å²) >= 11 is 0. The van der Waals surface area contributed by atoms with Crippen LogP contribution in [0.4, 0.5) is 0 Å². The molecular weight excluding hydrogens is 302 g/mol. The molecule has 0 saturated heterocycles. The first-order valence-electron chi connectivity index (χ1n) is 6.53. The summed E-state index contributed by atoms with van der Waals surface area (Å²) in [5, 5.41) is 8.68. The summed E-state index contributed by atoms with van der Waals surface area (Å²) in [6.07, 6.45) is 2.46. The lowest BCUT2D eigenvalue weighted by Crippen LogP contribution is -2.23. The van der Waals surface area contributed by atoms with Gasteiger partial charge in [-0.25, -0.2) is 17.9 Å². The highest BCUT2D eigenvalue weighted by Crippen LogP contribution is 2.13. The van der Waals surface area contributed by atoms with Crippen molar-refractivity contribution in [2.24, 2.45) is 0 Å². The Morgan fingerprint density at radius 3 is 2.36 bits per heavy atom. The second kappa shape index (κ2) is 7.02. The summed E-state index contributed by atoms with van der Waals surface area (Å²) < 4.78 is 26.8. The van der Waals surface area contributed by atoms with Crippen molar-refractivity contribution >= 4 is 22.1 Å². The largest absolute Gasteiger partial charge is 0.478 e. The van der Waals surface area contributed by atoms with Crippen LogP contribution in [0, 0.1) is 0 Å². The third kappa shape index (κ3) is 4.28. The van der Waals surface area contributed by atoms with E-state index in [-0.39, 0.29) is 11.4 Å². The molecule has 0 aliphatic carbocycles. The van der Waals surface area contributed by atoms with Gasteiger partial charge in [-0.2, -0.15) is 0 Å². The van der Waals surface area contributed by atoms with Crippen molar-refractivity contribution in [1.29, 1.82) is 0 Å². The Hall–Kier alpha value is -2.44. The van der Waals surface area contributed by atoms with Gasteiger partial charge in [0.15, 0.2) is 0 Å². The standard InChI is InChI=1S/C16H15NO4S/c18-16(19)11-10-13-6-4-5-7-14(13)12-17-22(20,21)15-8-2-1-3-9-15/h1-11,17H,12H2,(H,18,19)/b11-10+. The highest BCUT2D eigenvalue weighted by atomic mass is 32.2. The number of carboxylic acids is 1. The molecule has 0 aliphatic rings. The minimum absolute atomic E-state index is 0.0807. The molecule has 2 rings (SSSR count). The van der Waals surface area contributed by atoms with Gasteiger partial charge in [0.25, 0.3) is 0 Å². The summed E-state index contributed by atoms with van der Waals surface area (Å²) in [6, 6.07) is 15.1. The zero-order chi connectivity index (χ0) is 16.0. The Morgan fingerprint density at radius 2 is 1.68 bits per heavy atom. The highest BCUT2D eigenvalue weighted by Gasteiger charge is 2.13. The van der Waals surface area contributed by atoms with E-state index in [0.29, 0.717) is 11.1 Å². The van der Waals surface area contributed by atoms with Crippen molar-refractivity contribution in [3.05, 3.63) is 71.8 Å². The van der Waals surface area contributed by atoms with Gasteiger partial charge in [-0.05, 0) is 29.3 Å². The van der Waals surface area contributed by atoms with Crippen LogP contribution in [0.1, 0.15) is 11.1 Å². The van der Waals surface area contributed by atoms with Gasteiger partial charge in [-0.15, -0.1) is 0 Å². The predicted octanol–water partition coefficient (Wildman–Crippen LogP) is 2.26. The molecule has 0 spiro atoms. The molecule has 6 heteroatoms. The lowest BCUT2D eigenvalue weighted by molar-refractivity contribution is -0.131. The molecule has 2 N–H and O–H groups in total. The molecule has 0 saturated carbocycles. The molecule has 0 amide bonds. The summed E-state index contributed by atoms with van der Waals surface area (Å²) in [7, 11) is -3.60. The van der Waals surface area contributed by atoms with Crippen LogP contribution in [-0.4, -0.2) is 19.5 Å². The molecule has 0 radical (unpaired) electrons. The molecule has 0 fully saturated rings. The van der Waals surface area contributed by atoms with Gasteiger partial charge in [0.1, 0.15) is 0 Å². The summed E-state index contributed by atoms with van der Waals surface area (Å²) in [5.74, 6) is -1.06. The average Bonchev–Trinajstić information content (AvgIpc) is 2.52. The van der Waals surface area contributed by atoms with Crippen LogP contribution in [0.2, 0.25) is 0 Å². The van der Waals surface area contributed by atoms with Gasteiger partial charge in [0, 0.05) is 12.6 Å². The molecule has 2 aromatic rings. The monoisotopic (exact) mass is 317 g/mol. The van der Waals surface area contributed by atoms with E-state index in [0.717, 1.165) is 6.08 Å². The van der Waals surface area contributed by atoms with E-state index in [2.05, 4.69) is 4.72 Å². The number of benzene rings is 2. The maximum atomic E-state index is 12.2. The second-order valence-electron chi connectivity index (χ2n) is 4.51. The lowest BCUT2D eigenvalue weighted by Gasteiger charge is -2.09. The zero-order valence-corrected chi connectivity index (χ0v) is 12.5. The molecule has 0 aromatic heterocycles. The molecule has 0 bridgehead atoms. The van der Waals surface area contributed by atoms with Gasteiger partial charge in [-0.3, -0.25) is 0 Å². The Morgan fingerprint density at radius 1 is 1.05 bits per heavy atom. The van der Waals surface area contributed by atoms with Crippen molar-refractivity contribution in [3.63, 3.8) is 0 Å². The SMILES string of the molecule is O=C(O)/C=C/c1ccccc1CNS(=O)(=O)c1ccccc1. The first kappa shape index (κ1) is 15.9. The van der Waals surface area contributed by atoms with E-state index in [1.54, 1.807) is 42.5 Å². The van der Waals surface area contributed by atoms with Crippen molar-refractivity contribution in [2.45, 2.75) is 11.4 Å². The van der Waals surface area contributed by atoms with Gasteiger partial charge >= 0.3 is 5.97 Å². The molecule has 5 nitrogen and oxygen atoms in total. The normalized spacial score (nSPS) is 11.6. The van der Waals surface area contributed by atoms with E-state index in [4.69, 9.17) is 5.11 Å². The van der Waals surface area contributed by atoms with Crippen LogP contribution in [0.15, 0.2) is 65.6 Å². The fourth-order valence-electron chi connectivity index (χ4n) is 1.87. The fraction of sp³-hybridized carbons (Fsp3) is 0.0625. The quantitative estimate of drug-likeness (QED) is 0.801. The van der Waals surface area contributed by atoms with Crippen LogP contribution in [0.5, 0.6) is 0 Å². The number of rotatable bonds is 6. The number of aliphatic carboxylic acids is 1.